The van der Waals surface area contributed by atoms with Crippen LogP contribution in [0.15, 0.2) is 6.33 Å². The Bertz CT molecular complexity index is 795. The fourth-order valence-electron chi connectivity index (χ4n) is 3.39. The monoisotopic (exact) mass is 435 g/mol. The minimum atomic E-state index is -0.751. The van der Waals surface area contributed by atoms with Crippen LogP contribution in [0.5, 0.6) is 0 Å². The lowest BCUT2D eigenvalue weighted by Crippen LogP contribution is -2.48. The van der Waals surface area contributed by atoms with Gasteiger partial charge in [-0.25, -0.2) is 14.8 Å². The summed E-state index contributed by atoms with van der Waals surface area (Å²) in [5.74, 6) is -0.235. The Kier molecular flexibility index (Phi) is 7.94. The maximum absolute atomic E-state index is 12.8. The number of aryl methyl sites for hydroxylation is 2. The van der Waals surface area contributed by atoms with Crippen molar-refractivity contribution < 1.29 is 24.0 Å². The highest BCUT2D eigenvalue weighted by Crippen LogP contribution is 2.24. The van der Waals surface area contributed by atoms with E-state index < -0.39 is 11.7 Å². The molecule has 1 aliphatic heterocycles. The first kappa shape index (κ1) is 24.5. The number of amides is 3. The SMILES string of the molecule is CC(=O)N1CCC(N(C)C(=O)CON(C(=O)OC(C)(C)C)c2c(C)ncnc2C)CC1. The predicted molar refractivity (Wildman–Crippen MR) is 114 cm³/mol. The zero-order valence-corrected chi connectivity index (χ0v) is 19.5. The van der Waals surface area contributed by atoms with Crippen LogP contribution in [0.1, 0.15) is 51.9 Å². The summed E-state index contributed by atoms with van der Waals surface area (Å²) in [6.45, 7) is 11.1. The lowest BCUT2D eigenvalue weighted by molar-refractivity contribution is -0.139. The topological polar surface area (TPSA) is 105 Å². The second-order valence-electron chi connectivity index (χ2n) is 8.68. The molecule has 0 saturated carbocycles. The summed E-state index contributed by atoms with van der Waals surface area (Å²) < 4.78 is 5.45. The molecule has 0 bridgehead atoms. The second-order valence-corrected chi connectivity index (χ2v) is 8.68. The van der Waals surface area contributed by atoms with Crippen LogP contribution in [0.4, 0.5) is 10.5 Å². The molecule has 0 aliphatic carbocycles. The third-order valence-corrected chi connectivity index (χ3v) is 5.12. The van der Waals surface area contributed by atoms with Crippen molar-refractivity contribution in [2.45, 2.75) is 66.0 Å². The molecule has 1 saturated heterocycles. The van der Waals surface area contributed by atoms with Gasteiger partial charge in [0.1, 0.15) is 17.6 Å². The summed E-state index contributed by atoms with van der Waals surface area (Å²) >= 11 is 0. The van der Waals surface area contributed by atoms with Crippen molar-refractivity contribution in [2.24, 2.45) is 0 Å². The van der Waals surface area contributed by atoms with Gasteiger partial charge in [-0.3, -0.25) is 14.4 Å². The van der Waals surface area contributed by atoms with E-state index in [1.807, 2.05) is 0 Å². The van der Waals surface area contributed by atoms with Gasteiger partial charge in [0.15, 0.2) is 6.61 Å². The van der Waals surface area contributed by atoms with E-state index in [0.717, 1.165) is 5.06 Å². The Morgan fingerprint density at radius 2 is 1.68 bits per heavy atom. The van der Waals surface area contributed by atoms with E-state index in [4.69, 9.17) is 9.57 Å². The summed E-state index contributed by atoms with van der Waals surface area (Å²) in [6.07, 6.45) is 2.04. The van der Waals surface area contributed by atoms with Crippen LogP contribution in [-0.4, -0.2) is 76.1 Å². The summed E-state index contributed by atoms with van der Waals surface area (Å²) in [5.41, 5.74) is 0.648. The minimum Gasteiger partial charge on any atom is -0.442 e. The van der Waals surface area contributed by atoms with Gasteiger partial charge in [-0.1, -0.05) is 0 Å². The highest BCUT2D eigenvalue weighted by molar-refractivity contribution is 5.87. The Morgan fingerprint density at radius 3 is 2.16 bits per heavy atom. The number of carbonyl (C=O) groups excluding carboxylic acids is 3. The molecular weight excluding hydrogens is 402 g/mol. The van der Waals surface area contributed by atoms with Crippen LogP contribution in [0.3, 0.4) is 0 Å². The Morgan fingerprint density at radius 1 is 1.13 bits per heavy atom. The van der Waals surface area contributed by atoms with Crippen molar-refractivity contribution in [1.82, 2.24) is 19.8 Å². The molecule has 0 atom stereocenters. The first-order chi connectivity index (χ1) is 14.4. The maximum Gasteiger partial charge on any atom is 0.439 e. The molecule has 3 amide bonds. The number of aromatic nitrogens is 2. The Hall–Kier alpha value is -2.75. The standard InChI is InChI=1S/C21H33N5O5/c1-14-19(15(2)23-13-22-14)26(20(29)31-21(4,5)6)30-12-18(28)24(7)17-8-10-25(11-9-17)16(3)27/h13,17H,8-12H2,1-7H3. The molecular formula is C21H33N5O5. The van der Waals surface area contributed by atoms with Crippen molar-refractivity contribution in [1.29, 1.82) is 0 Å². The molecule has 31 heavy (non-hydrogen) atoms. The molecule has 0 spiro atoms. The van der Waals surface area contributed by atoms with E-state index in [-0.39, 0.29) is 24.5 Å². The number of piperidine rings is 1. The molecule has 0 N–H and O–H groups in total. The second kappa shape index (κ2) is 10.0. The number of hydroxylamine groups is 1. The van der Waals surface area contributed by atoms with Crippen molar-refractivity contribution in [2.75, 3.05) is 31.8 Å². The third-order valence-electron chi connectivity index (χ3n) is 5.12. The molecule has 1 fully saturated rings. The van der Waals surface area contributed by atoms with Crippen molar-refractivity contribution in [3.05, 3.63) is 17.7 Å². The average molecular weight is 436 g/mol. The van der Waals surface area contributed by atoms with Crippen LogP contribution in [0.25, 0.3) is 0 Å². The van der Waals surface area contributed by atoms with E-state index in [0.29, 0.717) is 43.0 Å². The molecule has 1 aliphatic rings. The van der Waals surface area contributed by atoms with Crippen LogP contribution < -0.4 is 5.06 Å². The number of nitrogens with zero attached hydrogens (tertiary/aromatic N) is 5. The van der Waals surface area contributed by atoms with Gasteiger partial charge in [-0.05, 0) is 47.5 Å². The number of rotatable bonds is 5. The molecule has 2 rings (SSSR count). The number of hydrogen-bond donors (Lipinski definition) is 0. The van der Waals surface area contributed by atoms with Crippen LogP contribution in [-0.2, 0) is 19.2 Å². The molecule has 1 aromatic heterocycles. The highest BCUT2D eigenvalue weighted by atomic mass is 16.7. The quantitative estimate of drug-likeness (QED) is 0.653. The molecule has 172 valence electrons. The smallest absolute Gasteiger partial charge is 0.439 e. The Balaban J connectivity index is 2.10. The van der Waals surface area contributed by atoms with E-state index in [1.54, 1.807) is 58.4 Å². The van der Waals surface area contributed by atoms with E-state index in [2.05, 4.69) is 9.97 Å². The fraction of sp³-hybridized carbons (Fsp3) is 0.667. The Labute approximate surface area is 183 Å². The molecule has 2 heterocycles. The van der Waals surface area contributed by atoms with Crippen molar-refractivity contribution >= 4 is 23.6 Å². The fourth-order valence-corrected chi connectivity index (χ4v) is 3.39. The lowest BCUT2D eigenvalue weighted by atomic mass is 10.0. The van der Waals surface area contributed by atoms with Gasteiger partial charge < -0.3 is 14.5 Å². The van der Waals surface area contributed by atoms with Gasteiger partial charge in [0.2, 0.25) is 5.91 Å². The lowest BCUT2D eigenvalue weighted by Gasteiger charge is -2.36. The van der Waals surface area contributed by atoms with Crippen LogP contribution in [0.2, 0.25) is 0 Å². The van der Waals surface area contributed by atoms with E-state index >= 15 is 0 Å². The molecule has 1 aromatic rings. The van der Waals surface area contributed by atoms with Gasteiger partial charge >= 0.3 is 6.09 Å². The number of ether oxygens (including phenoxy) is 1. The molecule has 10 nitrogen and oxygen atoms in total. The van der Waals surface area contributed by atoms with E-state index in [9.17, 15) is 14.4 Å². The predicted octanol–water partition coefficient (Wildman–Crippen LogP) is 2.24. The number of hydrogen-bond acceptors (Lipinski definition) is 7. The molecule has 10 heteroatoms. The molecule has 0 aromatic carbocycles. The van der Waals surface area contributed by atoms with Gasteiger partial charge in [-0.15, -0.1) is 5.06 Å². The highest BCUT2D eigenvalue weighted by Gasteiger charge is 2.30. The van der Waals surface area contributed by atoms with Gasteiger partial charge in [0.05, 0.1) is 11.4 Å². The van der Waals surface area contributed by atoms with Crippen LogP contribution in [0, 0.1) is 13.8 Å². The zero-order valence-electron chi connectivity index (χ0n) is 19.5. The summed E-state index contributed by atoms with van der Waals surface area (Å²) in [6, 6.07) is 0.00482. The maximum atomic E-state index is 12.8. The first-order valence-corrected chi connectivity index (χ1v) is 10.4. The minimum absolute atomic E-state index is 0.00482. The third kappa shape index (κ3) is 6.61. The number of anilines is 1. The summed E-state index contributed by atoms with van der Waals surface area (Å²) in [4.78, 5) is 54.4. The zero-order chi connectivity index (χ0) is 23.3. The first-order valence-electron chi connectivity index (χ1n) is 10.4. The molecule has 0 unspecified atom stereocenters. The average Bonchev–Trinajstić information content (AvgIpc) is 2.68. The summed E-state index contributed by atoms with van der Waals surface area (Å²) in [7, 11) is 1.71. The van der Waals surface area contributed by atoms with E-state index in [1.165, 1.54) is 6.33 Å². The van der Waals surface area contributed by atoms with Gasteiger partial charge in [0, 0.05) is 33.1 Å². The number of likely N-dealkylation sites (tertiary alicyclic amines) is 1. The summed E-state index contributed by atoms with van der Waals surface area (Å²) in [5, 5.41) is 0.958. The molecule has 0 radical (unpaired) electrons. The number of likely N-dealkylation sites (N-methyl/N-ethyl adjacent to an activating group) is 1. The normalized spacial score (nSPS) is 14.9. The van der Waals surface area contributed by atoms with Crippen LogP contribution >= 0.6 is 0 Å². The van der Waals surface area contributed by atoms with Crippen molar-refractivity contribution in [3.8, 4) is 0 Å². The van der Waals surface area contributed by atoms with Gasteiger partial charge in [-0.2, -0.15) is 0 Å². The number of carbonyl (C=O) groups is 3. The largest absolute Gasteiger partial charge is 0.442 e. The van der Waals surface area contributed by atoms with Crippen molar-refractivity contribution in [3.63, 3.8) is 0 Å². The van der Waals surface area contributed by atoms with Gasteiger partial charge in [0.25, 0.3) is 5.91 Å².